The second kappa shape index (κ2) is 5.35. The first-order chi connectivity index (χ1) is 6.02. The molecule has 0 aromatic rings. The van der Waals surface area contributed by atoms with Crippen LogP contribution in [0.2, 0.25) is 0 Å². The van der Waals surface area contributed by atoms with E-state index < -0.39 is 12.3 Å². The molecule has 0 aliphatic carbocycles. The van der Waals surface area contributed by atoms with Crippen molar-refractivity contribution in [2.45, 2.75) is 27.1 Å². The highest BCUT2D eigenvalue weighted by molar-refractivity contribution is 5.95. The Morgan fingerprint density at radius 2 is 2.00 bits per heavy atom. The minimum Gasteiger partial charge on any atom is -0.460 e. The van der Waals surface area contributed by atoms with Gasteiger partial charge in [0.25, 0.3) is 5.91 Å². The van der Waals surface area contributed by atoms with E-state index in [1.54, 1.807) is 13.8 Å². The number of hydrogen-bond donors (Lipinski definition) is 1. The van der Waals surface area contributed by atoms with E-state index in [-0.39, 0.29) is 11.3 Å². The highest BCUT2D eigenvalue weighted by Crippen LogP contribution is 2.13. The van der Waals surface area contributed by atoms with Gasteiger partial charge in [-0.1, -0.05) is 6.08 Å². The normalized spacial score (nSPS) is 15.4. The van der Waals surface area contributed by atoms with Gasteiger partial charge in [-0.15, -0.1) is 0 Å². The number of hydrogen-bond acceptors (Lipinski definition) is 2. The number of nitrogens with two attached hydrogens (primary N) is 1. The van der Waals surface area contributed by atoms with Crippen molar-refractivity contribution in [3.8, 4) is 0 Å². The fourth-order valence-corrected chi connectivity index (χ4v) is 0.868. The zero-order valence-electron chi connectivity index (χ0n) is 8.00. The van der Waals surface area contributed by atoms with Crippen LogP contribution in [0.15, 0.2) is 23.5 Å². The highest BCUT2D eigenvalue weighted by Gasteiger charge is 2.12. The molecule has 2 N–H and O–H groups in total. The van der Waals surface area contributed by atoms with Gasteiger partial charge < -0.3 is 10.5 Å². The molecule has 0 radical (unpaired) electrons. The Morgan fingerprint density at radius 1 is 1.46 bits per heavy atom. The third-order valence-corrected chi connectivity index (χ3v) is 1.37. The first kappa shape index (κ1) is 11.7. The summed E-state index contributed by atoms with van der Waals surface area (Å²) >= 11 is 0. The Hall–Kier alpha value is -1.32. The van der Waals surface area contributed by atoms with Crippen molar-refractivity contribution in [3.05, 3.63) is 23.5 Å². The molecule has 0 saturated heterocycles. The van der Waals surface area contributed by atoms with Crippen LogP contribution in [0.5, 0.6) is 0 Å². The smallest absolute Gasteiger partial charge is 0.252 e. The minimum atomic E-state index is -1.46. The summed E-state index contributed by atoms with van der Waals surface area (Å²) < 4.78 is 17.2. The molecule has 0 saturated carbocycles. The average Bonchev–Trinajstić information content (AvgIpc) is 2.02. The van der Waals surface area contributed by atoms with Gasteiger partial charge in [0.2, 0.25) is 6.36 Å². The lowest BCUT2D eigenvalue weighted by Gasteiger charge is -2.11. The van der Waals surface area contributed by atoms with Gasteiger partial charge in [-0.25, -0.2) is 4.39 Å². The third kappa shape index (κ3) is 3.73. The van der Waals surface area contributed by atoms with E-state index in [0.717, 1.165) is 0 Å². The molecule has 13 heavy (non-hydrogen) atoms. The summed E-state index contributed by atoms with van der Waals surface area (Å²) in [5.41, 5.74) is 5.24. The first-order valence-corrected chi connectivity index (χ1v) is 3.96. The third-order valence-electron chi connectivity index (χ3n) is 1.37. The number of allylic oxidation sites excluding steroid dienone is 2. The maximum atomic E-state index is 12.5. The molecule has 0 aromatic heterocycles. The number of alkyl halides is 1. The van der Waals surface area contributed by atoms with Crippen LogP contribution in [0.1, 0.15) is 20.8 Å². The molecule has 1 atom stereocenters. The Kier molecular flexibility index (Phi) is 4.80. The molecule has 4 heteroatoms. The van der Waals surface area contributed by atoms with Crippen LogP contribution >= 0.6 is 0 Å². The molecule has 0 aliphatic rings. The minimum absolute atomic E-state index is 0.171. The molecule has 0 fully saturated rings. The second-order valence-corrected chi connectivity index (χ2v) is 2.38. The molecule has 0 spiro atoms. The van der Waals surface area contributed by atoms with E-state index in [2.05, 4.69) is 0 Å². The summed E-state index contributed by atoms with van der Waals surface area (Å²) in [7, 11) is 0. The molecule has 3 nitrogen and oxygen atoms in total. The quantitative estimate of drug-likeness (QED) is 0.413. The monoisotopic (exact) mass is 187 g/mol. The van der Waals surface area contributed by atoms with E-state index in [1.807, 2.05) is 0 Å². The summed E-state index contributed by atoms with van der Waals surface area (Å²) in [4.78, 5) is 10.8. The standard InChI is InChI=1S/C9H14FNO2/c1-4-7(9(11)12)8(5-2)13-6(3)10/h4-6H,1-3H3,(H2,11,12)/b7-4+,8-5+. The van der Waals surface area contributed by atoms with Crippen molar-refractivity contribution < 1.29 is 13.9 Å². The lowest BCUT2D eigenvalue weighted by atomic mass is 10.2. The number of carbonyl (C=O) groups excluding carboxylic acids is 1. The summed E-state index contributed by atoms with van der Waals surface area (Å²) in [6, 6.07) is 0. The van der Waals surface area contributed by atoms with Crippen LogP contribution in [0.4, 0.5) is 4.39 Å². The lowest BCUT2D eigenvalue weighted by Crippen LogP contribution is -2.17. The molecule has 0 heterocycles. The fraction of sp³-hybridized carbons (Fsp3) is 0.444. The molecule has 0 aromatic carbocycles. The van der Waals surface area contributed by atoms with Gasteiger partial charge in [0.05, 0.1) is 5.57 Å². The maximum Gasteiger partial charge on any atom is 0.252 e. The number of halogens is 1. The van der Waals surface area contributed by atoms with Crippen molar-refractivity contribution in [3.63, 3.8) is 0 Å². The van der Waals surface area contributed by atoms with E-state index in [0.29, 0.717) is 0 Å². The lowest BCUT2D eigenvalue weighted by molar-refractivity contribution is -0.114. The van der Waals surface area contributed by atoms with Gasteiger partial charge in [0.15, 0.2) is 0 Å². The van der Waals surface area contributed by atoms with Gasteiger partial charge >= 0.3 is 0 Å². The zero-order chi connectivity index (χ0) is 10.4. The Labute approximate surface area is 77.1 Å². The number of amides is 1. The van der Waals surface area contributed by atoms with E-state index in [4.69, 9.17) is 10.5 Å². The SMILES string of the molecule is C/C=C(OC(C)F)\C(=C/C)C(N)=O. The first-order valence-electron chi connectivity index (χ1n) is 3.96. The Morgan fingerprint density at radius 3 is 2.23 bits per heavy atom. The molecule has 0 bridgehead atoms. The maximum absolute atomic E-state index is 12.5. The molecule has 1 unspecified atom stereocenters. The number of primary amides is 1. The second-order valence-electron chi connectivity index (χ2n) is 2.38. The molecule has 0 aliphatic heterocycles. The molecule has 0 rings (SSSR count). The summed E-state index contributed by atoms with van der Waals surface area (Å²) in [5, 5.41) is 0. The molecule has 74 valence electrons. The molecule has 1 amide bonds. The van der Waals surface area contributed by atoms with E-state index in [1.165, 1.54) is 19.1 Å². The van der Waals surface area contributed by atoms with Crippen molar-refractivity contribution in [1.29, 1.82) is 0 Å². The van der Waals surface area contributed by atoms with Crippen molar-refractivity contribution >= 4 is 5.91 Å². The Balaban J connectivity index is 4.68. The fourth-order valence-electron chi connectivity index (χ4n) is 0.868. The van der Waals surface area contributed by atoms with Gasteiger partial charge in [0, 0.05) is 6.92 Å². The Bertz CT molecular complexity index is 244. The van der Waals surface area contributed by atoms with Crippen molar-refractivity contribution in [1.82, 2.24) is 0 Å². The van der Waals surface area contributed by atoms with Crippen LogP contribution < -0.4 is 5.73 Å². The molecular formula is C9H14FNO2. The van der Waals surface area contributed by atoms with E-state index >= 15 is 0 Å². The van der Waals surface area contributed by atoms with Crippen molar-refractivity contribution in [2.75, 3.05) is 0 Å². The van der Waals surface area contributed by atoms with Gasteiger partial charge in [-0.2, -0.15) is 0 Å². The largest absolute Gasteiger partial charge is 0.460 e. The summed E-state index contributed by atoms with van der Waals surface area (Å²) in [5.74, 6) is -0.457. The van der Waals surface area contributed by atoms with Gasteiger partial charge in [0.1, 0.15) is 5.76 Å². The predicted molar refractivity (Wildman–Crippen MR) is 48.4 cm³/mol. The van der Waals surface area contributed by atoms with Crippen LogP contribution in [0.3, 0.4) is 0 Å². The van der Waals surface area contributed by atoms with Crippen LogP contribution in [0.25, 0.3) is 0 Å². The summed E-state index contributed by atoms with van der Waals surface area (Å²) in [6.07, 6.45) is 1.52. The van der Waals surface area contributed by atoms with Gasteiger partial charge in [-0.3, -0.25) is 4.79 Å². The number of ether oxygens (including phenoxy) is 1. The zero-order valence-corrected chi connectivity index (χ0v) is 8.00. The summed E-state index contributed by atoms with van der Waals surface area (Å²) in [6.45, 7) is 4.51. The number of carbonyl (C=O) groups is 1. The van der Waals surface area contributed by atoms with Crippen molar-refractivity contribution in [2.24, 2.45) is 5.73 Å². The number of rotatable bonds is 4. The predicted octanol–water partition coefficient (Wildman–Crippen LogP) is 1.65. The van der Waals surface area contributed by atoms with E-state index in [9.17, 15) is 9.18 Å². The highest BCUT2D eigenvalue weighted by atomic mass is 19.1. The van der Waals surface area contributed by atoms with Crippen LogP contribution in [0, 0.1) is 0 Å². The molecular weight excluding hydrogens is 173 g/mol. The topological polar surface area (TPSA) is 52.3 Å². The van der Waals surface area contributed by atoms with Gasteiger partial charge in [-0.05, 0) is 19.9 Å². The van der Waals surface area contributed by atoms with Crippen LogP contribution in [-0.2, 0) is 9.53 Å². The van der Waals surface area contributed by atoms with Crippen LogP contribution in [-0.4, -0.2) is 12.3 Å². The average molecular weight is 187 g/mol.